The summed E-state index contributed by atoms with van der Waals surface area (Å²) in [4.78, 5) is 2.32. The smallest absolute Gasteiger partial charge is 0.197 e. The Bertz CT molecular complexity index is 340. The molecule has 0 spiro atoms. The van der Waals surface area contributed by atoms with Gasteiger partial charge in [-0.1, -0.05) is 0 Å². The van der Waals surface area contributed by atoms with E-state index in [0.717, 1.165) is 24.5 Å². The number of ether oxygens (including phenoxy) is 1. The van der Waals surface area contributed by atoms with Gasteiger partial charge in [0.1, 0.15) is 0 Å². The summed E-state index contributed by atoms with van der Waals surface area (Å²) in [6.45, 7) is 6.36. The van der Waals surface area contributed by atoms with E-state index in [1.807, 2.05) is 0 Å². The molecule has 0 aliphatic heterocycles. The Morgan fingerprint density at radius 1 is 1.53 bits per heavy atom. The molecule has 0 aliphatic rings. The number of methoxy groups -OCH3 is 1. The molecular formula is C11H22N4OS. The molecule has 6 heteroatoms. The van der Waals surface area contributed by atoms with E-state index in [4.69, 9.17) is 10.5 Å². The second-order valence-corrected chi connectivity index (χ2v) is 5.06. The molecule has 0 saturated heterocycles. The zero-order valence-electron chi connectivity index (χ0n) is 11.0. The molecule has 98 valence electrons. The predicted octanol–water partition coefficient (Wildman–Crippen LogP) is 1.88. The minimum Gasteiger partial charge on any atom is -0.490 e. The van der Waals surface area contributed by atoms with Crippen LogP contribution in [0.4, 0.5) is 10.8 Å². The Labute approximate surface area is 107 Å². The van der Waals surface area contributed by atoms with Crippen LogP contribution in [0.5, 0.6) is 5.75 Å². The van der Waals surface area contributed by atoms with Crippen molar-refractivity contribution in [3.8, 4) is 5.75 Å². The van der Waals surface area contributed by atoms with Crippen molar-refractivity contribution in [2.75, 3.05) is 38.3 Å². The highest BCUT2D eigenvalue weighted by Crippen LogP contribution is 2.34. The van der Waals surface area contributed by atoms with Crippen LogP contribution in [-0.4, -0.2) is 42.6 Å². The van der Waals surface area contributed by atoms with E-state index in [-0.39, 0.29) is 0 Å². The first-order valence-electron chi connectivity index (χ1n) is 5.79. The van der Waals surface area contributed by atoms with Gasteiger partial charge in [0.2, 0.25) is 0 Å². The first-order valence-corrected chi connectivity index (χ1v) is 6.56. The van der Waals surface area contributed by atoms with Gasteiger partial charge in [-0.2, -0.15) is 4.37 Å². The summed E-state index contributed by atoms with van der Waals surface area (Å²) in [5, 5.41) is 4.22. The van der Waals surface area contributed by atoms with Crippen molar-refractivity contribution in [2.45, 2.75) is 26.3 Å². The summed E-state index contributed by atoms with van der Waals surface area (Å²) in [7, 11) is 3.74. The molecule has 0 fully saturated rings. The van der Waals surface area contributed by atoms with Crippen molar-refractivity contribution in [1.29, 1.82) is 0 Å². The summed E-state index contributed by atoms with van der Waals surface area (Å²) < 4.78 is 9.23. The molecule has 5 nitrogen and oxygen atoms in total. The number of nitrogens with two attached hydrogens (primary N) is 1. The van der Waals surface area contributed by atoms with Crippen molar-refractivity contribution in [3.63, 3.8) is 0 Å². The summed E-state index contributed by atoms with van der Waals surface area (Å²) in [6, 6.07) is 0.587. The lowest BCUT2D eigenvalue weighted by molar-refractivity contribution is 0.273. The number of nitrogens with one attached hydrogen (secondary N) is 1. The Balaban J connectivity index is 2.31. The van der Waals surface area contributed by atoms with Crippen LogP contribution in [0.25, 0.3) is 0 Å². The fraction of sp³-hybridized carbons (Fsp3) is 0.727. The maximum Gasteiger partial charge on any atom is 0.197 e. The monoisotopic (exact) mass is 258 g/mol. The normalized spacial score (nSPS) is 11.2. The number of anilines is 2. The molecule has 0 aliphatic carbocycles. The highest BCUT2D eigenvalue weighted by atomic mass is 32.1. The Hall–Kier alpha value is -1.01. The Kier molecular flexibility index (Phi) is 5.50. The van der Waals surface area contributed by atoms with Gasteiger partial charge in [0.15, 0.2) is 16.6 Å². The Morgan fingerprint density at radius 3 is 2.82 bits per heavy atom. The number of nitrogen functional groups attached to an aromatic ring is 1. The van der Waals surface area contributed by atoms with Gasteiger partial charge in [-0.05, 0) is 45.4 Å². The van der Waals surface area contributed by atoms with Crippen LogP contribution in [0.15, 0.2) is 0 Å². The SMILES string of the molecule is COc1c(N)nsc1NCCCN(C)C(C)C. The lowest BCUT2D eigenvalue weighted by Crippen LogP contribution is -2.28. The van der Waals surface area contributed by atoms with Crippen molar-refractivity contribution < 1.29 is 4.74 Å². The number of nitrogens with zero attached hydrogens (tertiary/aromatic N) is 2. The quantitative estimate of drug-likeness (QED) is 0.731. The molecule has 1 heterocycles. The van der Waals surface area contributed by atoms with Crippen LogP contribution < -0.4 is 15.8 Å². The van der Waals surface area contributed by atoms with Crippen LogP contribution in [0.3, 0.4) is 0 Å². The molecule has 1 aromatic rings. The largest absolute Gasteiger partial charge is 0.490 e. The van der Waals surface area contributed by atoms with Crippen molar-refractivity contribution in [1.82, 2.24) is 9.27 Å². The first-order chi connectivity index (χ1) is 8.06. The van der Waals surface area contributed by atoms with Gasteiger partial charge in [0.05, 0.1) is 7.11 Å². The molecule has 0 radical (unpaired) electrons. The van der Waals surface area contributed by atoms with E-state index in [1.54, 1.807) is 7.11 Å². The molecule has 0 aromatic carbocycles. The summed E-state index contributed by atoms with van der Waals surface area (Å²) in [5.41, 5.74) is 5.67. The van der Waals surface area contributed by atoms with Gasteiger partial charge < -0.3 is 20.7 Å². The van der Waals surface area contributed by atoms with E-state index < -0.39 is 0 Å². The second-order valence-electron chi connectivity index (χ2n) is 4.28. The standard InChI is InChI=1S/C11H22N4OS/c1-8(2)15(3)7-5-6-13-11-9(16-4)10(12)14-17-11/h8,13H,5-7H2,1-4H3,(H2,12,14). The van der Waals surface area contributed by atoms with E-state index in [0.29, 0.717) is 17.6 Å². The van der Waals surface area contributed by atoms with E-state index in [2.05, 4.69) is 35.5 Å². The number of rotatable bonds is 7. The maximum absolute atomic E-state index is 5.67. The molecule has 1 aromatic heterocycles. The molecule has 0 unspecified atom stereocenters. The van der Waals surface area contributed by atoms with Gasteiger partial charge in [0, 0.05) is 12.6 Å². The third-order valence-corrected chi connectivity index (χ3v) is 3.53. The van der Waals surface area contributed by atoms with Crippen LogP contribution in [0, 0.1) is 0 Å². The minimum atomic E-state index is 0.458. The van der Waals surface area contributed by atoms with Crippen LogP contribution in [0.1, 0.15) is 20.3 Å². The topological polar surface area (TPSA) is 63.4 Å². The molecule has 3 N–H and O–H groups in total. The molecule has 0 saturated carbocycles. The maximum atomic E-state index is 5.67. The van der Waals surface area contributed by atoms with Gasteiger partial charge in [0.25, 0.3) is 0 Å². The van der Waals surface area contributed by atoms with Gasteiger partial charge >= 0.3 is 0 Å². The zero-order valence-corrected chi connectivity index (χ0v) is 11.8. The number of hydrogen-bond donors (Lipinski definition) is 2. The van der Waals surface area contributed by atoms with Gasteiger partial charge in [-0.25, -0.2) is 0 Å². The molecule has 0 bridgehead atoms. The molecule has 17 heavy (non-hydrogen) atoms. The minimum absolute atomic E-state index is 0.458. The predicted molar refractivity (Wildman–Crippen MR) is 74.0 cm³/mol. The second kappa shape index (κ2) is 6.66. The molecule has 0 atom stereocenters. The summed E-state index contributed by atoms with van der Waals surface area (Å²) in [6.07, 6.45) is 1.08. The third kappa shape index (κ3) is 4.05. The Morgan fingerprint density at radius 2 is 2.24 bits per heavy atom. The van der Waals surface area contributed by atoms with E-state index in [1.165, 1.54) is 11.5 Å². The molecular weight excluding hydrogens is 236 g/mol. The molecule has 1 rings (SSSR count). The lowest BCUT2D eigenvalue weighted by atomic mass is 10.3. The van der Waals surface area contributed by atoms with Crippen LogP contribution in [0.2, 0.25) is 0 Å². The lowest BCUT2D eigenvalue weighted by Gasteiger charge is -2.20. The van der Waals surface area contributed by atoms with Crippen molar-refractivity contribution >= 4 is 22.4 Å². The fourth-order valence-corrected chi connectivity index (χ4v) is 2.10. The average Bonchev–Trinajstić information content (AvgIpc) is 2.64. The van der Waals surface area contributed by atoms with Gasteiger partial charge in [-0.15, -0.1) is 0 Å². The van der Waals surface area contributed by atoms with Crippen LogP contribution in [-0.2, 0) is 0 Å². The number of hydrogen-bond acceptors (Lipinski definition) is 6. The van der Waals surface area contributed by atoms with Crippen molar-refractivity contribution in [2.24, 2.45) is 0 Å². The third-order valence-electron chi connectivity index (χ3n) is 2.73. The summed E-state index contributed by atoms with van der Waals surface area (Å²) >= 11 is 1.34. The molecule has 0 amide bonds. The highest BCUT2D eigenvalue weighted by Gasteiger charge is 2.11. The summed E-state index contributed by atoms with van der Waals surface area (Å²) in [5.74, 6) is 1.12. The first kappa shape index (κ1) is 14.1. The average molecular weight is 258 g/mol. The van der Waals surface area contributed by atoms with E-state index >= 15 is 0 Å². The fourth-order valence-electron chi connectivity index (χ4n) is 1.39. The number of aromatic nitrogens is 1. The van der Waals surface area contributed by atoms with Crippen molar-refractivity contribution in [3.05, 3.63) is 0 Å². The zero-order chi connectivity index (χ0) is 12.8. The van der Waals surface area contributed by atoms with Gasteiger partial charge in [-0.3, -0.25) is 0 Å². The highest BCUT2D eigenvalue weighted by molar-refractivity contribution is 7.11. The van der Waals surface area contributed by atoms with E-state index in [9.17, 15) is 0 Å². The van der Waals surface area contributed by atoms with Crippen LogP contribution >= 0.6 is 11.5 Å².